The molecule has 0 aromatic carbocycles. The van der Waals surface area contributed by atoms with E-state index in [1.165, 1.54) is 12.8 Å². The predicted octanol–water partition coefficient (Wildman–Crippen LogP) is 1.21. The van der Waals surface area contributed by atoms with Crippen LogP contribution >= 0.6 is 0 Å². The van der Waals surface area contributed by atoms with E-state index in [-0.39, 0.29) is 11.6 Å². The van der Waals surface area contributed by atoms with Crippen molar-refractivity contribution < 1.29 is 4.74 Å². The van der Waals surface area contributed by atoms with E-state index in [4.69, 9.17) is 10.3 Å². The van der Waals surface area contributed by atoms with Crippen LogP contribution in [0.3, 0.4) is 0 Å². The summed E-state index contributed by atoms with van der Waals surface area (Å²) in [6.07, 6.45) is 3.55. The summed E-state index contributed by atoms with van der Waals surface area (Å²) in [4.78, 5) is 2.74. The number of ether oxygens (including phenoxy) is 1. The molecule has 2 heterocycles. The largest absolute Gasteiger partial charge is 0.376 e. The monoisotopic (exact) mass is 182 g/mol. The first-order chi connectivity index (χ1) is 6.35. The Bertz CT molecular complexity index is 230. The van der Waals surface area contributed by atoms with Crippen LogP contribution in [-0.2, 0) is 4.74 Å². The smallest absolute Gasteiger partial charge is 0.0653 e. The summed E-state index contributed by atoms with van der Waals surface area (Å²) in [5, 5.41) is 7.01. The summed E-state index contributed by atoms with van der Waals surface area (Å²) in [6.45, 7) is 2.34. The van der Waals surface area contributed by atoms with E-state index < -0.39 is 0 Å². The van der Waals surface area contributed by atoms with Crippen LogP contribution in [-0.4, -0.2) is 31.3 Å². The van der Waals surface area contributed by atoms with Gasteiger partial charge in [0, 0.05) is 10.5 Å². The summed E-state index contributed by atoms with van der Waals surface area (Å²) in [6, 6.07) is 0. The molecule has 0 unspecified atom stereocenters. The second-order valence-corrected chi connectivity index (χ2v) is 3.86. The van der Waals surface area contributed by atoms with Crippen molar-refractivity contribution in [2.24, 2.45) is 5.11 Å². The third kappa shape index (κ3) is 1.77. The molecule has 0 bridgehead atoms. The molecule has 0 aromatic heterocycles. The Morgan fingerprint density at radius 1 is 1.69 bits per heavy atom. The molecule has 13 heavy (non-hydrogen) atoms. The molecule has 0 saturated carbocycles. The molecule has 72 valence electrons. The minimum atomic E-state index is 0.126. The summed E-state index contributed by atoms with van der Waals surface area (Å²) >= 11 is 0. The van der Waals surface area contributed by atoms with Crippen LogP contribution in [0.4, 0.5) is 0 Å². The van der Waals surface area contributed by atoms with Gasteiger partial charge in [-0.1, -0.05) is 5.11 Å². The van der Waals surface area contributed by atoms with Gasteiger partial charge in [0.25, 0.3) is 0 Å². The van der Waals surface area contributed by atoms with Crippen LogP contribution in [0.15, 0.2) is 5.11 Å². The van der Waals surface area contributed by atoms with Gasteiger partial charge in [0.1, 0.15) is 0 Å². The third-order valence-corrected chi connectivity index (χ3v) is 2.89. The first-order valence-corrected chi connectivity index (χ1v) is 4.72. The van der Waals surface area contributed by atoms with Gasteiger partial charge in [0.05, 0.1) is 19.3 Å². The van der Waals surface area contributed by atoms with Gasteiger partial charge < -0.3 is 10.1 Å². The van der Waals surface area contributed by atoms with E-state index in [0.29, 0.717) is 6.54 Å². The highest BCUT2D eigenvalue weighted by Gasteiger charge is 2.41. The zero-order valence-corrected chi connectivity index (χ0v) is 7.57. The van der Waals surface area contributed by atoms with Crippen LogP contribution in [0.25, 0.3) is 10.4 Å². The Morgan fingerprint density at radius 2 is 2.62 bits per heavy atom. The van der Waals surface area contributed by atoms with Crippen LogP contribution in [0.5, 0.6) is 0 Å². The fraction of sp³-hybridized carbons (Fsp3) is 1.00. The number of nitrogens with zero attached hydrogens (tertiary/aromatic N) is 3. The first-order valence-electron chi connectivity index (χ1n) is 4.72. The second kappa shape index (κ2) is 3.54. The Kier molecular flexibility index (Phi) is 2.40. The van der Waals surface area contributed by atoms with Gasteiger partial charge in [-0.2, -0.15) is 0 Å². The molecule has 2 atom stereocenters. The van der Waals surface area contributed by atoms with E-state index in [1.807, 2.05) is 0 Å². The Hall–Kier alpha value is -0.770. The molecule has 5 nitrogen and oxygen atoms in total. The van der Waals surface area contributed by atoms with E-state index >= 15 is 0 Å². The molecule has 1 spiro atoms. The fourth-order valence-electron chi connectivity index (χ4n) is 2.24. The van der Waals surface area contributed by atoms with Crippen molar-refractivity contribution in [3.05, 3.63) is 10.4 Å². The highest BCUT2D eigenvalue weighted by atomic mass is 16.5. The summed E-state index contributed by atoms with van der Waals surface area (Å²) in [7, 11) is 0. The van der Waals surface area contributed by atoms with Gasteiger partial charge in [0.15, 0.2) is 0 Å². The van der Waals surface area contributed by atoms with Crippen molar-refractivity contribution in [2.75, 3.05) is 19.7 Å². The molecule has 5 heteroatoms. The van der Waals surface area contributed by atoms with Gasteiger partial charge in [-0.3, -0.25) is 0 Å². The molecule has 2 saturated heterocycles. The lowest BCUT2D eigenvalue weighted by Gasteiger charge is -2.20. The number of azide groups is 1. The molecular weight excluding hydrogens is 168 g/mol. The fourth-order valence-corrected chi connectivity index (χ4v) is 2.24. The maximum absolute atomic E-state index is 8.17. The Morgan fingerprint density at radius 3 is 3.31 bits per heavy atom. The van der Waals surface area contributed by atoms with Crippen molar-refractivity contribution in [1.82, 2.24) is 5.32 Å². The summed E-state index contributed by atoms with van der Waals surface area (Å²) in [5.74, 6) is 0. The number of hydrogen-bond acceptors (Lipinski definition) is 3. The van der Waals surface area contributed by atoms with E-state index in [0.717, 1.165) is 19.6 Å². The molecule has 2 rings (SSSR count). The Balaban J connectivity index is 1.89. The maximum Gasteiger partial charge on any atom is 0.0653 e. The molecule has 0 amide bonds. The van der Waals surface area contributed by atoms with Gasteiger partial charge in [0.2, 0.25) is 0 Å². The molecule has 2 fully saturated rings. The van der Waals surface area contributed by atoms with Gasteiger partial charge in [-0.25, -0.2) is 0 Å². The topological polar surface area (TPSA) is 70.0 Å². The van der Waals surface area contributed by atoms with Crippen LogP contribution in [0, 0.1) is 0 Å². The minimum Gasteiger partial charge on any atom is -0.376 e. The van der Waals surface area contributed by atoms with Crippen LogP contribution in [0.2, 0.25) is 0 Å². The lowest BCUT2D eigenvalue weighted by atomic mass is 9.94. The molecule has 2 aliphatic heterocycles. The Labute approximate surface area is 77.1 Å². The quantitative estimate of drug-likeness (QED) is 0.396. The minimum absolute atomic E-state index is 0.126. The van der Waals surface area contributed by atoms with Crippen LogP contribution in [0.1, 0.15) is 19.3 Å². The normalized spacial score (nSPS) is 38.0. The molecule has 2 aliphatic rings. The summed E-state index contributed by atoms with van der Waals surface area (Å²) < 4.78 is 5.57. The molecule has 1 N–H and O–H groups in total. The highest BCUT2D eigenvalue weighted by Crippen LogP contribution is 2.31. The van der Waals surface area contributed by atoms with Crippen LogP contribution < -0.4 is 5.32 Å². The molecule has 0 radical (unpaired) electrons. The molecular formula is C8H14N4O. The highest BCUT2D eigenvalue weighted by molar-refractivity contribution is 4.99. The van der Waals surface area contributed by atoms with Crippen molar-refractivity contribution in [2.45, 2.75) is 30.9 Å². The lowest BCUT2D eigenvalue weighted by Crippen LogP contribution is -2.40. The zero-order chi connectivity index (χ0) is 9.15. The van der Waals surface area contributed by atoms with E-state index in [9.17, 15) is 0 Å². The average Bonchev–Trinajstić information content (AvgIpc) is 2.74. The molecule has 0 aliphatic carbocycles. The standard InChI is InChI=1S/C8H14N4O/c9-12-11-5-7-4-8(6-13-7)2-1-3-10-8/h7,10H,1-6H2/t7-,8-/m0/s1. The van der Waals surface area contributed by atoms with Crippen molar-refractivity contribution in [3.63, 3.8) is 0 Å². The maximum atomic E-state index is 8.17. The number of rotatable bonds is 2. The zero-order valence-electron chi connectivity index (χ0n) is 7.57. The molecule has 0 aromatic rings. The average molecular weight is 182 g/mol. The third-order valence-electron chi connectivity index (χ3n) is 2.89. The SMILES string of the molecule is [N-]=[N+]=NC[C@@H]1C[C@@]2(CCCN2)CO1. The van der Waals surface area contributed by atoms with Gasteiger partial charge in [-0.15, -0.1) is 0 Å². The van der Waals surface area contributed by atoms with Gasteiger partial charge >= 0.3 is 0 Å². The lowest BCUT2D eigenvalue weighted by molar-refractivity contribution is 0.108. The van der Waals surface area contributed by atoms with E-state index in [1.54, 1.807) is 0 Å². The van der Waals surface area contributed by atoms with E-state index in [2.05, 4.69) is 15.3 Å². The predicted molar refractivity (Wildman–Crippen MR) is 48.3 cm³/mol. The van der Waals surface area contributed by atoms with Crippen molar-refractivity contribution >= 4 is 0 Å². The first kappa shape index (κ1) is 8.81. The van der Waals surface area contributed by atoms with Gasteiger partial charge in [-0.05, 0) is 31.3 Å². The number of nitrogens with one attached hydrogen (secondary N) is 1. The summed E-state index contributed by atoms with van der Waals surface area (Å²) in [5.41, 5.74) is 8.37. The van der Waals surface area contributed by atoms with Crippen molar-refractivity contribution in [3.8, 4) is 0 Å². The van der Waals surface area contributed by atoms with Crippen molar-refractivity contribution in [1.29, 1.82) is 0 Å². The number of hydrogen-bond donors (Lipinski definition) is 1. The second-order valence-electron chi connectivity index (χ2n) is 3.86.